The van der Waals surface area contributed by atoms with E-state index >= 15 is 0 Å². The molecule has 2 aliphatic heterocycles. The van der Waals surface area contributed by atoms with Gasteiger partial charge < -0.3 is 10.1 Å². The van der Waals surface area contributed by atoms with Crippen molar-refractivity contribution < 1.29 is 4.74 Å². The number of ether oxygens (including phenoxy) is 1. The van der Waals surface area contributed by atoms with E-state index in [9.17, 15) is 0 Å². The summed E-state index contributed by atoms with van der Waals surface area (Å²) in [6, 6.07) is 4.19. The first-order valence-corrected chi connectivity index (χ1v) is 6.23. The zero-order valence-corrected chi connectivity index (χ0v) is 10.4. The molecule has 1 N–H and O–H groups in total. The Balaban J connectivity index is 2.11. The van der Waals surface area contributed by atoms with Gasteiger partial charge >= 0.3 is 0 Å². The summed E-state index contributed by atoms with van der Waals surface area (Å²) < 4.78 is 6.75. The second-order valence-corrected chi connectivity index (χ2v) is 5.28. The Morgan fingerprint density at radius 2 is 2.27 bits per heavy atom. The predicted molar refractivity (Wildman–Crippen MR) is 63.3 cm³/mol. The van der Waals surface area contributed by atoms with Gasteiger partial charge in [0.25, 0.3) is 0 Å². The first-order chi connectivity index (χ1) is 7.27. The van der Waals surface area contributed by atoms with E-state index in [0.29, 0.717) is 18.6 Å². The summed E-state index contributed by atoms with van der Waals surface area (Å²) in [6.07, 6.45) is 0.328. The third kappa shape index (κ3) is 1.53. The van der Waals surface area contributed by atoms with Crippen molar-refractivity contribution in [3.63, 3.8) is 0 Å². The van der Waals surface area contributed by atoms with Crippen LogP contribution in [0.1, 0.15) is 17.0 Å². The maximum Gasteiger partial charge on any atom is 0.0784 e. The zero-order valence-electron chi connectivity index (χ0n) is 8.09. The molecule has 0 saturated carbocycles. The number of hydrogen-bond donors (Lipinski definition) is 1. The van der Waals surface area contributed by atoms with Crippen LogP contribution in [0.15, 0.2) is 16.6 Å². The Bertz CT molecular complexity index is 410. The Morgan fingerprint density at radius 3 is 3.13 bits per heavy atom. The minimum absolute atomic E-state index is 0.328. The van der Waals surface area contributed by atoms with Crippen LogP contribution in [0.4, 0.5) is 0 Å². The fourth-order valence-electron chi connectivity index (χ4n) is 2.43. The molecule has 2 aliphatic rings. The van der Waals surface area contributed by atoms with E-state index < -0.39 is 0 Å². The quantitative estimate of drug-likeness (QED) is 0.792. The molecule has 0 spiro atoms. The van der Waals surface area contributed by atoms with Gasteiger partial charge in [-0.15, -0.1) is 0 Å². The summed E-state index contributed by atoms with van der Waals surface area (Å²) in [7, 11) is 0. The summed E-state index contributed by atoms with van der Waals surface area (Å²) in [4.78, 5) is 0. The van der Waals surface area contributed by atoms with Gasteiger partial charge in [0.1, 0.15) is 0 Å². The molecule has 0 aromatic heterocycles. The molecule has 0 unspecified atom stereocenters. The molecule has 0 radical (unpaired) electrons. The highest BCUT2D eigenvalue weighted by Crippen LogP contribution is 2.39. The normalized spacial score (nSPS) is 28.7. The molecule has 3 rings (SSSR count). The van der Waals surface area contributed by atoms with Gasteiger partial charge in [0.05, 0.1) is 17.7 Å². The Kier molecular flexibility index (Phi) is 2.51. The number of hydrogen-bond acceptors (Lipinski definition) is 2. The van der Waals surface area contributed by atoms with Gasteiger partial charge in [0.2, 0.25) is 0 Å². The van der Waals surface area contributed by atoms with Crippen LogP contribution in [0.5, 0.6) is 0 Å². The maximum atomic E-state index is 6.25. The lowest BCUT2D eigenvalue weighted by Crippen LogP contribution is -2.27. The molecule has 2 heterocycles. The van der Waals surface area contributed by atoms with Gasteiger partial charge in [0, 0.05) is 29.0 Å². The smallest absolute Gasteiger partial charge is 0.0784 e. The van der Waals surface area contributed by atoms with Crippen LogP contribution in [-0.4, -0.2) is 19.2 Å². The summed E-state index contributed by atoms with van der Waals surface area (Å²) in [6.45, 7) is 2.59. The van der Waals surface area contributed by atoms with Gasteiger partial charge in [-0.1, -0.05) is 17.7 Å². The Labute approximate surface area is 102 Å². The molecule has 0 bridgehead atoms. The molecule has 0 amide bonds. The average Bonchev–Trinajstić information content (AvgIpc) is 2.71. The first kappa shape index (κ1) is 10.1. The number of benzene rings is 1. The Morgan fingerprint density at radius 1 is 1.40 bits per heavy atom. The standard InChI is InChI=1S/C11H11BrClNO/c12-9-2-1-6-7-3-14-4-10(7)15-5-8(6)11(9)13/h1-2,7,10,14H,3-5H2/t7-,10+/m1/s1. The lowest BCUT2D eigenvalue weighted by molar-refractivity contribution is 0.0299. The number of rotatable bonds is 0. The van der Waals surface area contributed by atoms with E-state index in [-0.39, 0.29) is 0 Å². The van der Waals surface area contributed by atoms with Gasteiger partial charge in [-0.25, -0.2) is 0 Å². The number of fused-ring (bicyclic) bond motifs is 3. The van der Waals surface area contributed by atoms with Crippen LogP contribution < -0.4 is 5.32 Å². The SMILES string of the molecule is Clc1c(Br)ccc2c1CO[C@H]1CNC[C@H]21. The molecule has 2 nitrogen and oxygen atoms in total. The molecule has 0 aliphatic carbocycles. The van der Waals surface area contributed by atoms with Crippen molar-refractivity contribution in [1.82, 2.24) is 5.32 Å². The summed E-state index contributed by atoms with van der Waals surface area (Å²) in [5, 5.41) is 4.16. The van der Waals surface area contributed by atoms with E-state index in [1.807, 2.05) is 6.07 Å². The van der Waals surface area contributed by atoms with Gasteiger partial charge in [-0.3, -0.25) is 0 Å². The highest BCUT2D eigenvalue weighted by atomic mass is 79.9. The van der Waals surface area contributed by atoms with Crippen molar-refractivity contribution in [3.05, 3.63) is 32.8 Å². The van der Waals surface area contributed by atoms with E-state index in [1.54, 1.807) is 0 Å². The van der Waals surface area contributed by atoms with E-state index in [0.717, 1.165) is 28.1 Å². The summed E-state index contributed by atoms with van der Waals surface area (Å²) in [5.74, 6) is 0.472. The van der Waals surface area contributed by atoms with Crippen LogP contribution in [0, 0.1) is 0 Å². The van der Waals surface area contributed by atoms with Crippen LogP contribution in [0.2, 0.25) is 5.02 Å². The van der Waals surface area contributed by atoms with E-state index in [2.05, 4.69) is 27.3 Å². The van der Waals surface area contributed by atoms with Crippen molar-refractivity contribution in [3.8, 4) is 0 Å². The highest BCUT2D eigenvalue weighted by Gasteiger charge is 2.35. The summed E-state index contributed by atoms with van der Waals surface area (Å²) in [5.41, 5.74) is 2.50. The fourth-order valence-corrected chi connectivity index (χ4v) is 3.03. The van der Waals surface area contributed by atoms with Crippen molar-refractivity contribution in [2.45, 2.75) is 18.6 Å². The molecule has 4 heteroatoms. The molecule has 1 saturated heterocycles. The summed E-state index contributed by atoms with van der Waals surface area (Å²) >= 11 is 9.70. The second-order valence-electron chi connectivity index (χ2n) is 4.04. The lowest BCUT2D eigenvalue weighted by Gasteiger charge is -2.28. The van der Waals surface area contributed by atoms with Crippen molar-refractivity contribution in [1.29, 1.82) is 0 Å². The third-order valence-corrected chi connectivity index (χ3v) is 4.55. The molecule has 1 aromatic rings. The number of halogens is 2. The average molecular weight is 289 g/mol. The van der Waals surface area contributed by atoms with Crippen LogP contribution >= 0.6 is 27.5 Å². The topological polar surface area (TPSA) is 21.3 Å². The molecule has 1 fully saturated rings. The first-order valence-electron chi connectivity index (χ1n) is 5.06. The zero-order chi connectivity index (χ0) is 10.4. The van der Waals surface area contributed by atoms with Crippen molar-refractivity contribution in [2.24, 2.45) is 0 Å². The molecule has 15 heavy (non-hydrogen) atoms. The molecular weight excluding hydrogens is 277 g/mol. The van der Waals surface area contributed by atoms with Crippen LogP contribution in [-0.2, 0) is 11.3 Å². The van der Waals surface area contributed by atoms with Gasteiger partial charge in [0.15, 0.2) is 0 Å². The lowest BCUT2D eigenvalue weighted by atomic mass is 9.90. The fraction of sp³-hybridized carbons (Fsp3) is 0.455. The molecular formula is C11H11BrClNO. The monoisotopic (exact) mass is 287 g/mol. The molecule has 80 valence electrons. The largest absolute Gasteiger partial charge is 0.371 e. The van der Waals surface area contributed by atoms with Gasteiger partial charge in [-0.2, -0.15) is 0 Å². The predicted octanol–water partition coefficient (Wildman–Crippen LogP) is 2.69. The highest BCUT2D eigenvalue weighted by molar-refractivity contribution is 9.10. The van der Waals surface area contributed by atoms with Gasteiger partial charge in [-0.05, 0) is 27.6 Å². The third-order valence-electron chi connectivity index (χ3n) is 3.23. The van der Waals surface area contributed by atoms with Crippen molar-refractivity contribution >= 4 is 27.5 Å². The maximum absolute atomic E-state index is 6.25. The van der Waals surface area contributed by atoms with Crippen LogP contribution in [0.3, 0.4) is 0 Å². The van der Waals surface area contributed by atoms with Crippen LogP contribution in [0.25, 0.3) is 0 Å². The minimum Gasteiger partial charge on any atom is -0.371 e. The number of nitrogens with one attached hydrogen (secondary N) is 1. The van der Waals surface area contributed by atoms with Crippen molar-refractivity contribution in [2.75, 3.05) is 13.1 Å². The Hall–Kier alpha value is -0.0900. The molecule has 1 aromatic carbocycles. The molecule has 2 atom stereocenters. The van der Waals surface area contributed by atoms with E-state index in [1.165, 1.54) is 5.56 Å². The minimum atomic E-state index is 0.328. The van der Waals surface area contributed by atoms with E-state index in [4.69, 9.17) is 16.3 Å². The second kappa shape index (κ2) is 3.74.